The minimum atomic E-state index is -0.757. The zero-order valence-electron chi connectivity index (χ0n) is 10.6. The van der Waals surface area contributed by atoms with Crippen molar-refractivity contribution in [3.05, 3.63) is 49.2 Å². The standard InChI is InChI=1S/C13H8F2INO3S/c1-20-13(19)10-3-2-9(21-10)12(18)17-6-4-7(14)11(16)8(15)5-6/h2-5H,1H3,(H,17,18). The van der Waals surface area contributed by atoms with Gasteiger partial charge in [-0.25, -0.2) is 13.6 Å². The van der Waals surface area contributed by atoms with Crippen LogP contribution in [0.5, 0.6) is 0 Å². The van der Waals surface area contributed by atoms with Crippen LogP contribution in [0.25, 0.3) is 0 Å². The molecule has 0 saturated heterocycles. The lowest BCUT2D eigenvalue weighted by Crippen LogP contribution is -2.11. The monoisotopic (exact) mass is 423 g/mol. The summed E-state index contributed by atoms with van der Waals surface area (Å²) in [6.07, 6.45) is 0. The number of hydrogen-bond donors (Lipinski definition) is 1. The first kappa shape index (κ1) is 15.8. The van der Waals surface area contributed by atoms with E-state index < -0.39 is 23.5 Å². The third-order valence-corrected chi connectivity index (χ3v) is 4.55. The molecule has 1 amide bonds. The maximum Gasteiger partial charge on any atom is 0.348 e. The summed E-state index contributed by atoms with van der Waals surface area (Å²) in [6, 6.07) is 4.93. The fourth-order valence-electron chi connectivity index (χ4n) is 1.49. The van der Waals surface area contributed by atoms with Crippen LogP contribution in [-0.4, -0.2) is 19.0 Å². The molecule has 0 unspecified atom stereocenters. The minimum Gasteiger partial charge on any atom is -0.465 e. The number of carbonyl (C=O) groups is 2. The second kappa shape index (κ2) is 6.48. The zero-order valence-corrected chi connectivity index (χ0v) is 13.6. The van der Waals surface area contributed by atoms with Crippen molar-refractivity contribution in [1.29, 1.82) is 0 Å². The number of rotatable bonds is 3. The summed E-state index contributed by atoms with van der Waals surface area (Å²) in [4.78, 5) is 23.7. The fraction of sp³-hybridized carbons (Fsp3) is 0.0769. The normalized spacial score (nSPS) is 10.3. The Morgan fingerprint density at radius 1 is 1.19 bits per heavy atom. The first-order valence-corrected chi connectivity index (χ1v) is 7.46. The smallest absolute Gasteiger partial charge is 0.348 e. The molecule has 0 saturated carbocycles. The second-order valence-electron chi connectivity index (χ2n) is 3.86. The molecule has 21 heavy (non-hydrogen) atoms. The molecule has 1 aromatic carbocycles. The fourth-order valence-corrected chi connectivity index (χ4v) is 2.62. The molecule has 110 valence electrons. The van der Waals surface area contributed by atoms with Gasteiger partial charge in [-0.2, -0.15) is 0 Å². The molecule has 1 heterocycles. The number of nitrogens with one attached hydrogen (secondary N) is 1. The number of methoxy groups -OCH3 is 1. The van der Waals surface area contributed by atoms with Crippen molar-refractivity contribution >= 4 is 51.5 Å². The number of amides is 1. The summed E-state index contributed by atoms with van der Waals surface area (Å²) >= 11 is 2.46. The largest absolute Gasteiger partial charge is 0.465 e. The number of halogens is 3. The Bertz CT molecular complexity index is 694. The van der Waals surface area contributed by atoms with Crippen molar-refractivity contribution in [2.24, 2.45) is 0 Å². The molecule has 0 atom stereocenters. The molecular formula is C13H8F2INO3S. The highest BCUT2D eigenvalue weighted by atomic mass is 127. The van der Waals surface area contributed by atoms with Crippen molar-refractivity contribution < 1.29 is 23.1 Å². The summed E-state index contributed by atoms with van der Waals surface area (Å²) in [7, 11) is 1.24. The first-order chi connectivity index (χ1) is 9.92. The van der Waals surface area contributed by atoms with Gasteiger partial charge in [0, 0.05) is 5.69 Å². The molecule has 0 spiro atoms. The van der Waals surface area contributed by atoms with Gasteiger partial charge in [0.2, 0.25) is 0 Å². The van der Waals surface area contributed by atoms with Gasteiger partial charge in [0.05, 0.1) is 15.6 Å². The van der Waals surface area contributed by atoms with Crippen LogP contribution in [0.1, 0.15) is 19.3 Å². The van der Waals surface area contributed by atoms with E-state index in [9.17, 15) is 18.4 Å². The van der Waals surface area contributed by atoms with Crippen LogP contribution in [0.15, 0.2) is 24.3 Å². The molecule has 0 fully saturated rings. The van der Waals surface area contributed by atoms with E-state index >= 15 is 0 Å². The van der Waals surface area contributed by atoms with E-state index in [1.807, 2.05) is 0 Å². The Hall–Kier alpha value is -1.55. The van der Waals surface area contributed by atoms with Gasteiger partial charge in [0.1, 0.15) is 16.5 Å². The molecule has 0 radical (unpaired) electrons. The Balaban J connectivity index is 2.18. The number of carbonyl (C=O) groups excluding carboxylic acids is 2. The van der Waals surface area contributed by atoms with Crippen LogP contribution in [-0.2, 0) is 4.74 Å². The molecule has 4 nitrogen and oxygen atoms in total. The van der Waals surface area contributed by atoms with Crippen LogP contribution < -0.4 is 5.32 Å². The number of thiophene rings is 1. The van der Waals surface area contributed by atoms with Gasteiger partial charge in [-0.1, -0.05) is 0 Å². The average Bonchev–Trinajstić information content (AvgIpc) is 2.93. The minimum absolute atomic E-state index is 0.00318. The third-order valence-electron chi connectivity index (χ3n) is 2.46. The van der Waals surface area contributed by atoms with Gasteiger partial charge in [-0.15, -0.1) is 11.3 Å². The number of hydrogen-bond acceptors (Lipinski definition) is 4. The molecule has 2 rings (SSSR count). The van der Waals surface area contributed by atoms with Crippen LogP contribution >= 0.6 is 33.9 Å². The second-order valence-corrected chi connectivity index (χ2v) is 6.03. The molecule has 1 aromatic heterocycles. The van der Waals surface area contributed by atoms with Crippen molar-refractivity contribution in [1.82, 2.24) is 0 Å². The molecular weight excluding hydrogens is 415 g/mol. The highest BCUT2D eigenvalue weighted by Crippen LogP contribution is 2.22. The van der Waals surface area contributed by atoms with Gasteiger partial charge in [-0.05, 0) is 46.9 Å². The van der Waals surface area contributed by atoms with Gasteiger partial charge in [0.15, 0.2) is 0 Å². The average molecular weight is 423 g/mol. The zero-order chi connectivity index (χ0) is 15.6. The Kier molecular flexibility index (Phi) is 4.88. The topological polar surface area (TPSA) is 55.4 Å². The first-order valence-electron chi connectivity index (χ1n) is 5.56. The van der Waals surface area contributed by atoms with E-state index in [0.29, 0.717) is 0 Å². The van der Waals surface area contributed by atoms with Crippen LogP contribution in [0, 0.1) is 15.2 Å². The summed E-state index contributed by atoms with van der Waals surface area (Å²) in [5.74, 6) is -2.62. The van der Waals surface area contributed by atoms with E-state index in [1.165, 1.54) is 41.8 Å². The van der Waals surface area contributed by atoms with Gasteiger partial charge >= 0.3 is 5.97 Å². The number of esters is 1. The number of benzene rings is 1. The van der Waals surface area contributed by atoms with E-state index in [1.54, 1.807) is 0 Å². The van der Waals surface area contributed by atoms with Crippen molar-refractivity contribution in [3.63, 3.8) is 0 Å². The van der Waals surface area contributed by atoms with Crippen LogP contribution in [0.4, 0.5) is 14.5 Å². The van der Waals surface area contributed by atoms with Gasteiger partial charge < -0.3 is 10.1 Å². The van der Waals surface area contributed by atoms with E-state index in [2.05, 4.69) is 10.1 Å². The quantitative estimate of drug-likeness (QED) is 0.466. The number of anilines is 1. The predicted molar refractivity (Wildman–Crippen MR) is 82.7 cm³/mol. The van der Waals surface area contributed by atoms with Gasteiger partial charge in [0.25, 0.3) is 5.91 Å². The van der Waals surface area contributed by atoms with Crippen molar-refractivity contribution in [2.45, 2.75) is 0 Å². The maximum atomic E-state index is 13.4. The van der Waals surface area contributed by atoms with Gasteiger partial charge in [-0.3, -0.25) is 4.79 Å². The third kappa shape index (κ3) is 3.56. The molecule has 1 N–H and O–H groups in total. The molecule has 8 heteroatoms. The highest BCUT2D eigenvalue weighted by Gasteiger charge is 2.15. The molecule has 2 aromatic rings. The van der Waals surface area contributed by atoms with E-state index in [-0.39, 0.29) is 19.0 Å². The number of ether oxygens (including phenoxy) is 1. The van der Waals surface area contributed by atoms with Crippen molar-refractivity contribution in [2.75, 3.05) is 12.4 Å². The molecule has 0 aliphatic carbocycles. The lowest BCUT2D eigenvalue weighted by atomic mass is 10.3. The van der Waals surface area contributed by atoms with Crippen molar-refractivity contribution in [3.8, 4) is 0 Å². The van der Waals surface area contributed by atoms with E-state index in [4.69, 9.17) is 0 Å². The lowest BCUT2D eigenvalue weighted by molar-refractivity contribution is 0.0606. The van der Waals surface area contributed by atoms with E-state index in [0.717, 1.165) is 23.5 Å². The van der Waals surface area contributed by atoms with Crippen LogP contribution in [0.2, 0.25) is 0 Å². The molecule has 0 aliphatic heterocycles. The summed E-state index contributed by atoms with van der Waals surface area (Å²) in [6.45, 7) is 0. The molecule has 0 bridgehead atoms. The summed E-state index contributed by atoms with van der Waals surface area (Å²) in [5.41, 5.74) is 0.00318. The van der Waals surface area contributed by atoms with Crippen LogP contribution in [0.3, 0.4) is 0 Å². The molecule has 0 aliphatic rings. The Morgan fingerprint density at radius 2 is 1.76 bits per heavy atom. The summed E-state index contributed by atoms with van der Waals surface area (Å²) < 4.78 is 31.2. The Morgan fingerprint density at radius 3 is 2.33 bits per heavy atom. The Labute approximate surface area is 136 Å². The maximum absolute atomic E-state index is 13.4. The predicted octanol–water partition coefficient (Wildman–Crippen LogP) is 3.67. The lowest BCUT2D eigenvalue weighted by Gasteiger charge is -2.05. The SMILES string of the molecule is COC(=O)c1ccc(C(=O)Nc2cc(F)c(I)c(F)c2)s1. The highest BCUT2D eigenvalue weighted by molar-refractivity contribution is 14.1. The summed E-state index contributed by atoms with van der Waals surface area (Å²) in [5, 5.41) is 2.37.